The van der Waals surface area contributed by atoms with Gasteiger partial charge in [-0.25, -0.2) is 9.67 Å². The summed E-state index contributed by atoms with van der Waals surface area (Å²) in [6.45, 7) is 1.84. The average molecular weight is 394 g/mol. The van der Waals surface area contributed by atoms with Crippen molar-refractivity contribution >= 4 is 35.3 Å². The summed E-state index contributed by atoms with van der Waals surface area (Å²) < 4.78 is 1.47. The van der Waals surface area contributed by atoms with Gasteiger partial charge in [-0.1, -0.05) is 48.2 Å². The van der Waals surface area contributed by atoms with E-state index in [1.807, 2.05) is 49.4 Å². The van der Waals surface area contributed by atoms with Gasteiger partial charge in [-0.15, -0.1) is 5.10 Å². The zero-order chi connectivity index (χ0) is 19.5. The lowest BCUT2D eigenvalue weighted by Gasteiger charge is -2.22. The molecule has 1 atom stereocenters. The van der Waals surface area contributed by atoms with Crippen LogP contribution in [0.3, 0.4) is 0 Å². The fraction of sp³-hybridized carbons (Fsp3) is 0.211. The number of benzene rings is 1. The summed E-state index contributed by atoms with van der Waals surface area (Å²) in [5.41, 5.74) is 1.93. The molecule has 2 N–H and O–H groups in total. The molecule has 0 saturated carbocycles. The lowest BCUT2D eigenvalue weighted by atomic mass is 10.1. The highest BCUT2D eigenvalue weighted by molar-refractivity contribution is 7.98. The molecule has 1 aliphatic heterocycles. The number of hydrogen-bond donors (Lipinski definition) is 2. The molecule has 3 heterocycles. The number of nitrogens with zero attached hydrogens (tertiary/aromatic N) is 4. The maximum atomic E-state index is 12.7. The van der Waals surface area contributed by atoms with E-state index in [2.05, 4.69) is 25.7 Å². The number of rotatable bonds is 5. The Morgan fingerprint density at radius 1 is 1.21 bits per heavy atom. The van der Waals surface area contributed by atoms with Crippen molar-refractivity contribution in [2.75, 3.05) is 10.6 Å². The quantitative estimate of drug-likeness (QED) is 0.645. The molecule has 3 aromatic rings. The van der Waals surface area contributed by atoms with E-state index in [4.69, 9.17) is 0 Å². The lowest BCUT2D eigenvalue weighted by Crippen LogP contribution is -2.36. The molecule has 1 aliphatic rings. The molecule has 142 valence electrons. The molecule has 28 heavy (non-hydrogen) atoms. The Labute approximate surface area is 165 Å². The lowest BCUT2D eigenvalue weighted by molar-refractivity contribution is -0.125. The highest BCUT2D eigenvalue weighted by Gasteiger charge is 2.33. The Hall–Kier alpha value is -3.20. The molecule has 0 aliphatic carbocycles. The number of amides is 2. The summed E-state index contributed by atoms with van der Waals surface area (Å²) in [6.07, 6.45) is -0.00317. The van der Waals surface area contributed by atoms with Crippen LogP contribution < -0.4 is 10.6 Å². The van der Waals surface area contributed by atoms with Crippen LogP contribution in [0.25, 0.3) is 0 Å². The van der Waals surface area contributed by atoms with Crippen molar-refractivity contribution in [1.29, 1.82) is 0 Å². The van der Waals surface area contributed by atoms with Gasteiger partial charge in [0.05, 0.1) is 6.42 Å². The van der Waals surface area contributed by atoms with Crippen molar-refractivity contribution in [3.8, 4) is 0 Å². The fourth-order valence-corrected chi connectivity index (χ4v) is 3.64. The molecule has 0 saturated heterocycles. The fourth-order valence-electron chi connectivity index (χ4n) is 2.85. The van der Waals surface area contributed by atoms with Gasteiger partial charge >= 0.3 is 0 Å². The number of nitrogens with one attached hydrogen (secondary N) is 2. The summed E-state index contributed by atoms with van der Waals surface area (Å²) in [5.74, 6) is 0.804. The normalized spacial score (nSPS) is 15.6. The number of hydrogen-bond acceptors (Lipinski definition) is 6. The largest absolute Gasteiger partial charge is 0.309 e. The Morgan fingerprint density at radius 3 is 2.82 bits per heavy atom. The third-order valence-electron chi connectivity index (χ3n) is 4.19. The molecule has 4 rings (SSSR count). The van der Waals surface area contributed by atoms with Gasteiger partial charge in [0.2, 0.25) is 17.0 Å². The summed E-state index contributed by atoms with van der Waals surface area (Å²) in [7, 11) is 0. The van der Waals surface area contributed by atoms with Crippen molar-refractivity contribution in [2.24, 2.45) is 0 Å². The maximum absolute atomic E-state index is 12.7. The van der Waals surface area contributed by atoms with Crippen molar-refractivity contribution in [3.05, 3.63) is 59.8 Å². The van der Waals surface area contributed by atoms with Gasteiger partial charge in [0, 0.05) is 11.4 Å². The van der Waals surface area contributed by atoms with E-state index in [9.17, 15) is 9.59 Å². The predicted octanol–water partition coefficient (Wildman–Crippen LogP) is 2.80. The van der Waals surface area contributed by atoms with Crippen molar-refractivity contribution in [2.45, 2.75) is 30.3 Å². The first-order valence-corrected chi connectivity index (χ1v) is 9.75. The number of fused-ring (bicyclic) bond motifs is 1. The van der Waals surface area contributed by atoms with Crippen LogP contribution in [0, 0.1) is 6.92 Å². The molecule has 0 fully saturated rings. The second-order valence-electron chi connectivity index (χ2n) is 6.36. The minimum absolute atomic E-state index is 0.00317. The molecule has 0 unspecified atom stereocenters. The number of aromatic nitrogens is 4. The second kappa shape index (κ2) is 7.81. The zero-order valence-electron chi connectivity index (χ0n) is 15.1. The molecule has 2 aromatic heterocycles. The van der Waals surface area contributed by atoms with Crippen LogP contribution in [0.1, 0.15) is 23.7 Å². The number of carbonyl (C=O) groups excluding carboxylic acids is 2. The number of carbonyl (C=O) groups is 2. The van der Waals surface area contributed by atoms with Gasteiger partial charge in [-0.05, 0) is 24.6 Å². The van der Waals surface area contributed by atoms with Crippen molar-refractivity contribution in [1.82, 2.24) is 19.7 Å². The van der Waals surface area contributed by atoms with Gasteiger partial charge in [0.15, 0.2) is 0 Å². The molecule has 2 amide bonds. The van der Waals surface area contributed by atoms with Crippen LogP contribution in [0.5, 0.6) is 0 Å². The van der Waals surface area contributed by atoms with Gasteiger partial charge < -0.3 is 5.32 Å². The van der Waals surface area contributed by atoms with Gasteiger partial charge in [0.1, 0.15) is 11.9 Å². The van der Waals surface area contributed by atoms with E-state index in [1.54, 1.807) is 6.07 Å². The van der Waals surface area contributed by atoms with E-state index in [0.29, 0.717) is 16.7 Å². The molecule has 8 nitrogen and oxygen atoms in total. The zero-order valence-corrected chi connectivity index (χ0v) is 15.9. The van der Waals surface area contributed by atoms with E-state index < -0.39 is 6.04 Å². The molecule has 0 bridgehead atoms. The van der Waals surface area contributed by atoms with E-state index in [-0.39, 0.29) is 24.2 Å². The molecule has 1 aromatic carbocycles. The Kier molecular flexibility index (Phi) is 5.07. The van der Waals surface area contributed by atoms with Gasteiger partial charge in [-0.2, -0.15) is 4.98 Å². The maximum Gasteiger partial charge on any atom is 0.251 e. The van der Waals surface area contributed by atoms with Crippen LogP contribution in [-0.4, -0.2) is 31.6 Å². The van der Waals surface area contributed by atoms with E-state index in [0.717, 1.165) is 11.3 Å². The topological polar surface area (TPSA) is 102 Å². The molecule has 9 heteroatoms. The molecule has 0 spiro atoms. The minimum atomic E-state index is -0.773. The first kappa shape index (κ1) is 18.2. The summed E-state index contributed by atoms with van der Waals surface area (Å²) in [4.78, 5) is 33.4. The van der Waals surface area contributed by atoms with Crippen LogP contribution in [0.2, 0.25) is 0 Å². The highest BCUT2D eigenvalue weighted by Crippen LogP contribution is 2.28. The smallest absolute Gasteiger partial charge is 0.251 e. The SMILES string of the molecule is Cc1cccc(NC(=O)[C@H]2CC(=O)Nc3nc(SCc4ccccc4)nn32)n1. The average Bonchev–Trinajstić information content (AvgIpc) is 3.09. The van der Waals surface area contributed by atoms with Crippen LogP contribution in [0.15, 0.2) is 53.7 Å². The minimum Gasteiger partial charge on any atom is -0.309 e. The first-order valence-electron chi connectivity index (χ1n) is 8.76. The summed E-state index contributed by atoms with van der Waals surface area (Å²) in [5, 5.41) is 10.4. The van der Waals surface area contributed by atoms with Crippen LogP contribution >= 0.6 is 11.8 Å². The van der Waals surface area contributed by atoms with E-state index in [1.165, 1.54) is 16.4 Å². The van der Waals surface area contributed by atoms with Gasteiger partial charge in [0.25, 0.3) is 5.91 Å². The van der Waals surface area contributed by atoms with Gasteiger partial charge in [-0.3, -0.25) is 14.9 Å². The third kappa shape index (κ3) is 4.04. The number of pyridine rings is 1. The summed E-state index contributed by atoms with van der Waals surface area (Å²) >= 11 is 1.45. The molecule has 0 radical (unpaired) electrons. The van der Waals surface area contributed by atoms with E-state index >= 15 is 0 Å². The number of thioether (sulfide) groups is 1. The van der Waals surface area contributed by atoms with Crippen molar-refractivity contribution in [3.63, 3.8) is 0 Å². The predicted molar refractivity (Wildman–Crippen MR) is 106 cm³/mol. The Bertz CT molecular complexity index is 1020. The molecular formula is C19H18N6O2S. The molecular weight excluding hydrogens is 376 g/mol. The summed E-state index contributed by atoms with van der Waals surface area (Å²) in [6, 6.07) is 14.5. The third-order valence-corrected chi connectivity index (χ3v) is 5.10. The monoisotopic (exact) mass is 394 g/mol. The number of anilines is 2. The highest BCUT2D eigenvalue weighted by atomic mass is 32.2. The first-order chi connectivity index (χ1) is 13.6. The van der Waals surface area contributed by atoms with Crippen LogP contribution in [0.4, 0.5) is 11.8 Å². The second-order valence-corrected chi connectivity index (χ2v) is 7.30. The number of aryl methyl sites for hydroxylation is 1. The van der Waals surface area contributed by atoms with Crippen molar-refractivity contribution < 1.29 is 9.59 Å². The van der Waals surface area contributed by atoms with Crippen LogP contribution in [-0.2, 0) is 15.3 Å². The Balaban J connectivity index is 1.52. The Morgan fingerprint density at radius 2 is 2.04 bits per heavy atom. The standard InChI is InChI=1S/C19H18N6O2S/c1-12-6-5-9-15(20-12)21-17(27)14-10-16(26)22-18-23-19(24-25(14)18)28-11-13-7-3-2-4-8-13/h2-9,14H,10-11H2,1H3,(H,20,21,27)(H,22,23,24,26)/t14-/m1/s1.